The topological polar surface area (TPSA) is 55.2 Å². The molecule has 0 aromatic carbocycles. The molecule has 0 aliphatic rings. The molecule has 0 saturated carbocycles. The van der Waals surface area contributed by atoms with E-state index in [1.807, 2.05) is 17.7 Å². The highest BCUT2D eigenvalue weighted by atomic mass is 16.2. The summed E-state index contributed by atoms with van der Waals surface area (Å²) in [4.78, 5) is 29.6. The molecule has 110 valence electrons. The molecule has 2 aromatic heterocycles. The quantitative estimate of drug-likeness (QED) is 0.785. The third-order valence-electron chi connectivity index (χ3n) is 3.48. The van der Waals surface area contributed by atoms with Gasteiger partial charge >= 0.3 is 0 Å². The zero-order valence-corrected chi connectivity index (χ0v) is 12.5. The molecule has 0 aliphatic heterocycles. The molecular weight excluding hydrogens is 266 g/mol. The summed E-state index contributed by atoms with van der Waals surface area (Å²) in [6.07, 6.45) is 4.25. The number of amides is 1. The standard InChI is InChI=1S/C16H19N3O2/c1-18(2)15(20)9-7-13-6-8-14(19(13)3)16(21)12-5-4-10-17-11-12/h4-6,8,10-11H,7,9H2,1-3H3. The number of aromatic nitrogens is 2. The Bertz CT molecular complexity index is 645. The lowest BCUT2D eigenvalue weighted by molar-refractivity contribution is -0.128. The molecule has 0 N–H and O–H groups in total. The number of pyridine rings is 1. The Labute approximate surface area is 124 Å². The van der Waals surface area contributed by atoms with Crippen LogP contribution in [0.4, 0.5) is 0 Å². The van der Waals surface area contributed by atoms with Crippen molar-refractivity contribution in [1.29, 1.82) is 0 Å². The molecule has 0 saturated heterocycles. The van der Waals surface area contributed by atoms with Gasteiger partial charge in [0.25, 0.3) is 0 Å². The summed E-state index contributed by atoms with van der Waals surface area (Å²) in [6.45, 7) is 0. The van der Waals surface area contributed by atoms with E-state index in [4.69, 9.17) is 0 Å². The molecule has 2 rings (SSSR count). The Kier molecular flexibility index (Phi) is 4.52. The Morgan fingerprint density at radius 1 is 1.24 bits per heavy atom. The van der Waals surface area contributed by atoms with Crippen LogP contribution in [0.5, 0.6) is 0 Å². The van der Waals surface area contributed by atoms with Gasteiger partial charge in [-0.15, -0.1) is 0 Å². The lowest BCUT2D eigenvalue weighted by atomic mass is 10.1. The van der Waals surface area contributed by atoms with Gasteiger partial charge in [0.15, 0.2) is 0 Å². The lowest BCUT2D eigenvalue weighted by Crippen LogP contribution is -2.22. The number of carbonyl (C=O) groups excluding carboxylic acids is 2. The molecule has 5 nitrogen and oxygen atoms in total. The maximum atomic E-state index is 12.4. The van der Waals surface area contributed by atoms with E-state index in [0.29, 0.717) is 24.1 Å². The SMILES string of the molecule is CN(C)C(=O)CCc1ccc(C(=O)c2cccnc2)n1C. The second kappa shape index (κ2) is 6.35. The molecule has 0 bridgehead atoms. The number of aryl methyl sites for hydroxylation is 1. The van der Waals surface area contributed by atoms with Crippen molar-refractivity contribution in [3.63, 3.8) is 0 Å². The van der Waals surface area contributed by atoms with Crippen molar-refractivity contribution in [3.8, 4) is 0 Å². The maximum absolute atomic E-state index is 12.4. The molecular formula is C16H19N3O2. The molecule has 0 fully saturated rings. The Morgan fingerprint density at radius 2 is 2.00 bits per heavy atom. The molecule has 2 aromatic rings. The molecule has 0 spiro atoms. The molecule has 0 radical (unpaired) electrons. The molecule has 1 amide bonds. The van der Waals surface area contributed by atoms with Crippen LogP contribution in [0.3, 0.4) is 0 Å². The van der Waals surface area contributed by atoms with Crippen molar-refractivity contribution in [2.24, 2.45) is 7.05 Å². The van der Waals surface area contributed by atoms with Crippen LogP contribution in [-0.4, -0.2) is 40.2 Å². The third-order valence-corrected chi connectivity index (χ3v) is 3.48. The zero-order valence-electron chi connectivity index (χ0n) is 12.5. The number of ketones is 1. The van der Waals surface area contributed by atoms with Gasteiger partial charge in [0, 0.05) is 51.2 Å². The second-order valence-electron chi connectivity index (χ2n) is 5.13. The summed E-state index contributed by atoms with van der Waals surface area (Å²) in [5.41, 5.74) is 2.14. The maximum Gasteiger partial charge on any atom is 0.222 e. The second-order valence-corrected chi connectivity index (χ2v) is 5.13. The normalized spacial score (nSPS) is 10.4. The van der Waals surface area contributed by atoms with Gasteiger partial charge in [-0.25, -0.2) is 0 Å². The number of hydrogen-bond acceptors (Lipinski definition) is 3. The monoisotopic (exact) mass is 285 g/mol. The van der Waals surface area contributed by atoms with Crippen molar-refractivity contribution < 1.29 is 9.59 Å². The van der Waals surface area contributed by atoms with Gasteiger partial charge in [0.05, 0.1) is 5.69 Å². The summed E-state index contributed by atoms with van der Waals surface area (Å²) in [6, 6.07) is 7.18. The molecule has 21 heavy (non-hydrogen) atoms. The summed E-state index contributed by atoms with van der Waals surface area (Å²) in [7, 11) is 5.33. The highest BCUT2D eigenvalue weighted by Gasteiger charge is 2.15. The fourth-order valence-electron chi connectivity index (χ4n) is 2.14. The predicted octanol–water partition coefficient (Wildman–Crippen LogP) is 1.67. The number of hydrogen-bond donors (Lipinski definition) is 0. The van der Waals surface area contributed by atoms with Crippen molar-refractivity contribution in [3.05, 3.63) is 53.6 Å². The molecule has 0 unspecified atom stereocenters. The van der Waals surface area contributed by atoms with Crippen LogP contribution in [0.1, 0.15) is 28.2 Å². The first-order chi connectivity index (χ1) is 10.0. The summed E-state index contributed by atoms with van der Waals surface area (Å²) in [5, 5.41) is 0. The fraction of sp³-hybridized carbons (Fsp3) is 0.312. The van der Waals surface area contributed by atoms with Gasteiger partial charge in [0.2, 0.25) is 11.7 Å². The first-order valence-corrected chi connectivity index (χ1v) is 6.80. The minimum Gasteiger partial charge on any atom is -0.349 e. The third kappa shape index (κ3) is 3.37. The van der Waals surface area contributed by atoms with Gasteiger partial charge in [-0.1, -0.05) is 0 Å². The van der Waals surface area contributed by atoms with E-state index in [1.54, 1.807) is 49.6 Å². The van der Waals surface area contributed by atoms with Crippen LogP contribution in [0.25, 0.3) is 0 Å². The summed E-state index contributed by atoms with van der Waals surface area (Å²) in [5.74, 6) is 0.0205. The number of nitrogens with zero attached hydrogens (tertiary/aromatic N) is 3. The van der Waals surface area contributed by atoms with Crippen LogP contribution in [0.2, 0.25) is 0 Å². The average Bonchev–Trinajstić information content (AvgIpc) is 2.85. The molecule has 2 heterocycles. The summed E-state index contributed by atoms with van der Waals surface area (Å²) >= 11 is 0. The van der Waals surface area contributed by atoms with Crippen molar-refractivity contribution in [2.45, 2.75) is 12.8 Å². The Balaban J connectivity index is 2.14. The summed E-state index contributed by atoms with van der Waals surface area (Å²) < 4.78 is 1.85. The minimum absolute atomic E-state index is 0.0595. The first kappa shape index (κ1) is 15.0. The van der Waals surface area contributed by atoms with Crippen molar-refractivity contribution in [1.82, 2.24) is 14.5 Å². The van der Waals surface area contributed by atoms with E-state index >= 15 is 0 Å². The van der Waals surface area contributed by atoms with E-state index in [-0.39, 0.29) is 11.7 Å². The smallest absolute Gasteiger partial charge is 0.222 e. The van der Waals surface area contributed by atoms with E-state index in [9.17, 15) is 9.59 Å². The molecule has 0 atom stereocenters. The Hall–Kier alpha value is -2.43. The van der Waals surface area contributed by atoms with Gasteiger partial charge in [-0.05, 0) is 30.7 Å². The molecule has 5 heteroatoms. The van der Waals surface area contributed by atoms with Gasteiger partial charge < -0.3 is 9.47 Å². The van der Waals surface area contributed by atoms with E-state index < -0.39 is 0 Å². The van der Waals surface area contributed by atoms with E-state index in [2.05, 4.69) is 4.98 Å². The van der Waals surface area contributed by atoms with Crippen molar-refractivity contribution in [2.75, 3.05) is 14.1 Å². The van der Waals surface area contributed by atoms with Crippen LogP contribution in [0.15, 0.2) is 36.7 Å². The highest BCUT2D eigenvalue weighted by molar-refractivity contribution is 6.07. The lowest BCUT2D eigenvalue weighted by Gasteiger charge is -2.11. The van der Waals surface area contributed by atoms with Gasteiger partial charge in [-0.2, -0.15) is 0 Å². The van der Waals surface area contributed by atoms with E-state index in [1.165, 1.54) is 0 Å². The van der Waals surface area contributed by atoms with Crippen LogP contribution in [-0.2, 0) is 18.3 Å². The first-order valence-electron chi connectivity index (χ1n) is 6.80. The fourth-order valence-corrected chi connectivity index (χ4v) is 2.14. The van der Waals surface area contributed by atoms with Crippen molar-refractivity contribution >= 4 is 11.7 Å². The average molecular weight is 285 g/mol. The number of rotatable bonds is 5. The predicted molar refractivity (Wildman–Crippen MR) is 80.1 cm³/mol. The van der Waals surface area contributed by atoms with Crippen LogP contribution >= 0.6 is 0 Å². The van der Waals surface area contributed by atoms with Gasteiger partial charge in [0.1, 0.15) is 0 Å². The van der Waals surface area contributed by atoms with Crippen LogP contribution < -0.4 is 0 Å². The zero-order chi connectivity index (χ0) is 15.4. The minimum atomic E-state index is -0.0595. The molecule has 0 aliphatic carbocycles. The van der Waals surface area contributed by atoms with Gasteiger partial charge in [-0.3, -0.25) is 14.6 Å². The highest BCUT2D eigenvalue weighted by Crippen LogP contribution is 2.14. The Morgan fingerprint density at radius 3 is 2.62 bits per heavy atom. The number of carbonyl (C=O) groups is 2. The van der Waals surface area contributed by atoms with E-state index in [0.717, 1.165) is 5.69 Å². The largest absolute Gasteiger partial charge is 0.349 e. The van der Waals surface area contributed by atoms with Crippen LogP contribution in [0, 0.1) is 0 Å².